The van der Waals surface area contributed by atoms with E-state index < -0.39 is 0 Å². The van der Waals surface area contributed by atoms with Crippen molar-refractivity contribution in [2.45, 2.75) is 45.8 Å². The topological polar surface area (TPSA) is 92.1 Å². The number of nitrogens with one attached hydrogen (secondary N) is 2. The molecule has 1 aliphatic heterocycles. The standard InChI is InChI=1S/C29H30FN5O2S/c1-29(2)11-21-18-4-7-32-26(27(18)38-24(21)12-29)20-10-17(30)9-19(22(20)14-36)16-8-23(28(37)35(3)13-16)34-25-5-6-31-15-33-25/h5-6,8-10,13,15,26,32,36H,4,7,11-12,14H2,1-3H3,(H,31,33,34). The van der Waals surface area contributed by atoms with E-state index in [1.54, 1.807) is 37.6 Å². The molecule has 38 heavy (non-hydrogen) atoms. The van der Waals surface area contributed by atoms with Crippen LogP contribution in [-0.2, 0) is 32.9 Å². The molecular formula is C29H30FN5O2S. The Kier molecular flexibility index (Phi) is 6.17. The number of aryl methyl sites for hydroxylation is 1. The summed E-state index contributed by atoms with van der Waals surface area (Å²) < 4.78 is 16.7. The summed E-state index contributed by atoms with van der Waals surface area (Å²) in [6.07, 6.45) is 7.75. The maximum absolute atomic E-state index is 15.2. The Morgan fingerprint density at radius 2 is 2.11 bits per heavy atom. The van der Waals surface area contributed by atoms with E-state index >= 15 is 4.39 Å². The number of benzene rings is 1. The summed E-state index contributed by atoms with van der Waals surface area (Å²) in [4.78, 5) is 23.6. The monoisotopic (exact) mass is 531 g/mol. The molecule has 1 atom stereocenters. The molecule has 7 nitrogen and oxygen atoms in total. The van der Waals surface area contributed by atoms with Crippen LogP contribution in [0.25, 0.3) is 11.1 Å². The summed E-state index contributed by atoms with van der Waals surface area (Å²) in [5.41, 5.74) is 5.77. The molecule has 1 aliphatic carbocycles. The molecule has 3 N–H and O–H groups in total. The highest BCUT2D eigenvalue weighted by Gasteiger charge is 2.37. The van der Waals surface area contributed by atoms with Gasteiger partial charge in [-0.3, -0.25) is 4.79 Å². The maximum Gasteiger partial charge on any atom is 0.274 e. The fourth-order valence-electron chi connectivity index (χ4n) is 5.89. The van der Waals surface area contributed by atoms with Crippen LogP contribution in [-0.4, -0.2) is 26.2 Å². The van der Waals surface area contributed by atoms with Crippen molar-refractivity contribution in [3.8, 4) is 11.1 Å². The maximum atomic E-state index is 15.2. The second kappa shape index (κ2) is 9.41. The van der Waals surface area contributed by atoms with E-state index in [1.807, 2.05) is 11.3 Å². The summed E-state index contributed by atoms with van der Waals surface area (Å²) in [6, 6.07) is 6.13. The zero-order valence-corrected chi connectivity index (χ0v) is 22.5. The molecular weight excluding hydrogens is 501 g/mol. The van der Waals surface area contributed by atoms with Gasteiger partial charge in [0, 0.05) is 41.3 Å². The molecule has 3 aromatic heterocycles. The van der Waals surface area contributed by atoms with E-state index in [2.05, 4.69) is 34.4 Å². The zero-order chi connectivity index (χ0) is 26.6. The van der Waals surface area contributed by atoms with Crippen molar-refractivity contribution in [1.82, 2.24) is 19.9 Å². The van der Waals surface area contributed by atoms with Gasteiger partial charge in [0.25, 0.3) is 5.56 Å². The van der Waals surface area contributed by atoms with Crippen molar-refractivity contribution in [3.05, 3.63) is 91.2 Å². The predicted octanol–water partition coefficient (Wildman–Crippen LogP) is 4.64. The quantitative estimate of drug-likeness (QED) is 0.348. The van der Waals surface area contributed by atoms with Crippen LogP contribution in [0.15, 0.2) is 47.8 Å². The Bertz CT molecular complexity index is 1590. The summed E-state index contributed by atoms with van der Waals surface area (Å²) in [7, 11) is 1.65. The van der Waals surface area contributed by atoms with Gasteiger partial charge in [0.15, 0.2) is 0 Å². The number of halogens is 1. The van der Waals surface area contributed by atoms with Crippen molar-refractivity contribution >= 4 is 22.8 Å². The second-order valence-corrected chi connectivity index (χ2v) is 12.1. The zero-order valence-electron chi connectivity index (χ0n) is 21.6. The van der Waals surface area contributed by atoms with E-state index in [-0.39, 0.29) is 29.4 Å². The molecule has 2 aliphatic rings. The summed E-state index contributed by atoms with van der Waals surface area (Å²) in [5.74, 6) is 0.0925. The highest BCUT2D eigenvalue weighted by Crippen LogP contribution is 2.48. The first-order valence-electron chi connectivity index (χ1n) is 12.8. The largest absolute Gasteiger partial charge is 0.392 e. The van der Waals surface area contributed by atoms with Gasteiger partial charge < -0.3 is 20.3 Å². The van der Waals surface area contributed by atoms with E-state index in [0.717, 1.165) is 31.4 Å². The van der Waals surface area contributed by atoms with Crippen LogP contribution >= 0.6 is 11.3 Å². The molecule has 6 rings (SSSR count). The summed E-state index contributed by atoms with van der Waals surface area (Å²) in [6.45, 7) is 5.17. The van der Waals surface area contributed by atoms with E-state index in [1.165, 1.54) is 37.8 Å². The average molecular weight is 532 g/mol. The summed E-state index contributed by atoms with van der Waals surface area (Å²) >= 11 is 1.83. The fraction of sp³-hybridized carbons (Fsp3) is 0.345. The van der Waals surface area contributed by atoms with Gasteiger partial charge in [-0.05, 0) is 76.8 Å². The lowest BCUT2D eigenvalue weighted by Crippen LogP contribution is -2.31. The van der Waals surface area contributed by atoms with Gasteiger partial charge in [-0.25, -0.2) is 14.4 Å². The van der Waals surface area contributed by atoms with Gasteiger partial charge in [-0.1, -0.05) is 13.8 Å². The number of hydrogen-bond acceptors (Lipinski definition) is 7. The fourth-order valence-corrected chi connectivity index (χ4v) is 7.61. The molecule has 0 fully saturated rings. The number of aliphatic hydroxyl groups is 1. The smallest absolute Gasteiger partial charge is 0.274 e. The van der Waals surface area contributed by atoms with E-state index in [4.69, 9.17) is 0 Å². The molecule has 0 amide bonds. The van der Waals surface area contributed by atoms with Crippen molar-refractivity contribution in [3.63, 3.8) is 0 Å². The number of thiophene rings is 1. The van der Waals surface area contributed by atoms with Gasteiger partial charge >= 0.3 is 0 Å². The van der Waals surface area contributed by atoms with Crippen molar-refractivity contribution in [2.24, 2.45) is 12.5 Å². The normalized spacial score (nSPS) is 17.8. The first-order valence-corrected chi connectivity index (χ1v) is 13.6. The Balaban J connectivity index is 1.46. The number of pyridine rings is 1. The van der Waals surface area contributed by atoms with Gasteiger partial charge in [0.2, 0.25) is 0 Å². The third-order valence-electron chi connectivity index (χ3n) is 7.57. The van der Waals surface area contributed by atoms with Crippen LogP contribution in [0.4, 0.5) is 15.9 Å². The Labute approximate surface area is 224 Å². The van der Waals surface area contributed by atoms with E-state index in [0.29, 0.717) is 28.2 Å². The molecule has 0 spiro atoms. The molecule has 0 bridgehead atoms. The number of nitrogens with zero attached hydrogens (tertiary/aromatic N) is 3. The molecule has 0 radical (unpaired) electrons. The number of aromatic nitrogens is 3. The SMILES string of the molecule is Cn1cc(-c2cc(F)cc(C3NCCc4c3sc3c4CC(C)(C)C3)c2CO)cc(Nc2ccncn2)c1=O. The third-order valence-corrected chi connectivity index (χ3v) is 8.91. The molecule has 9 heteroatoms. The molecule has 1 aromatic carbocycles. The van der Waals surface area contributed by atoms with Crippen molar-refractivity contribution in [2.75, 3.05) is 11.9 Å². The van der Waals surface area contributed by atoms with Crippen molar-refractivity contribution in [1.29, 1.82) is 0 Å². The number of aliphatic hydroxyl groups excluding tert-OH is 1. The van der Waals surface area contributed by atoms with Crippen LogP contribution < -0.4 is 16.2 Å². The van der Waals surface area contributed by atoms with Crippen LogP contribution in [0.5, 0.6) is 0 Å². The van der Waals surface area contributed by atoms with Crippen LogP contribution in [0, 0.1) is 11.2 Å². The molecule has 4 heterocycles. The van der Waals surface area contributed by atoms with Crippen LogP contribution in [0.3, 0.4) is 0 Å². The lowest BCUT2D eigenvalue weighted by atomic mass is 9.86. The van der Waals surface area contributed by atoms with Crippen molar-refractivity contribution < 1.29 is 9.50 Å². The third kappa shape index (κ3) is 4.34. The minimum atomic E-state index is -0.384. The molecule has 196 valence electrons. The van der Waals surface area contributed by atoms with Gasteiger partial charge in [-0.2, -0.15) is 0 Å². The van der Waals surface area contributed by atoms with Crippen LogP contribution in [0.1, 0.15) is 51.9 Å². The second-order valence-electron chi connectivity index (χ2n) is 11.0. The van der Waals surface area contributed by atoms with Gasteiger partial charge in [0.1, 0.15) is 23.6 Å². The Morgan fingerprint density at radius 1 is 1.26 bits per heavy atom. The predicted molar refractivity (Wildman–Crippen MR) is 147 cm³/mol. The number of rotatable bonds is 5. The molecule has 1 unspecified atom stereocenters. The Morgan fingerprint density at radius 3 is 2.87 bits per heavy atom. The lowest BCUT2D eigenvalue weighted by Gasteiger charge is -2.28. The summed E-state index contributed by atoms with van der Waals surface area (Å²) in [5, 5.41) is 17.2. The first kappa shape index (κ1) is 24.9. The highest BCUT2D eigenvalue weighted by atomic mass is 32.1. The number of anilines is 2. The minimum absolute atomic E-state index is 0.194. The first-order chi connectivity index (χ1) is 18.2. The molecule has 0 saturated carbocycles. The highest BCUT2D eigenvalue weighted by molar-refractivity contribution is 7.12. The number of hydrogen-bond donors (Lipinski definition) is 3. The van der Waals surface area contributed by atoms with Crippen LogP contribution in [0.2, 0.25) is 0 Å². The Hall–Kier alpha value is -3.40. The van der Waals surface area contributed by atoms with Gasteiger partial charge in [0.05, 0.1) is 12.6 Å². The minimum Gasteiger partial charge on any atom is -0.392 e. The average Bonchev–Trinajstić information content (AvgIpc) is 3.38. The molecule has 0 saturated heterocycles. The lowest BCUT2D eigenvalue weighted by molar-refractivity contribution is 0.280. The van der Waals surface area contributed by atoms with E-state index in [9.17, 15) is 9.90 Å². The number of fused-ring (bicyclic) bond motifs is 3. The molecule has 4 aromatic rings. The van der Waals surface area contributed by atoms with Gasteiger partial charge in [-0.15, -0.1) is 11.3 Å².